The van der Waals surface area contributed by atoms with Crippen LogP contribution < -0.4 is 9.47 Å². The number of unbranched alkanes of at least 4 members (excludes halogenated alkanes) is 1. The lowest BCUT2D eigenvalue weighted by atomic mass is 10.1. The molecule has 2 aromatic rings. The number of ether oxygens (including phenoxy) is 2. The minimum absolute atomic E-state index is 0.0924. The van der Waals surface area contributed by atoms with E-state index in [-0.39, 0.29) is 10.7 Å². The first-order chi connectivity index (χ1) is 15.2. The summed E-state index contributed by atoms with van der Waals surface area (Å²) in [5, 5.41) is 8.79. The van der Waals surface area contributed by atoms with E-state index in [0.717, 1.165) is 22.7 Å². The number of benzene rings is 2. The molecule has 0 aliphatic carbocycles. The van der Waals surface area contributed by atoms with E-state index in [0.29, 0.717) is 23.7 Å². The maximum Gasteiger partial charge on any atom is 0.318 e. The Hall–Kier alpha value is -3.17. The Balaban J connectivity index is 2.11. The van der Waals surface area contributed by atoms with Crippen LogP contribution in [-0.2, 0) is 14.8 Å². The Morgan fingerprint density at radius 3 is 2.38 bits per heavy atom. The minimum atomic E-state index is -3.95. The molecule has 2 aromatic carbocycles. The van der Waals surface area contributed by atoms with Gasteiger partial charge in [0.2, 0.25) is 10.0 Å². The zero-order valence-electron chi connectivity index (χ0n) is 18.3. The lowest BCUT2D eigenvalue weighted by molar-refractivity contribution is -0.137. The first kappa shape index (κ1) is 25.1. The Morgan fingerprint density at radius 2 is 1.78 bits per heavy atom. The summed E-state index contributed by atoms with van der Waals surface area (Å²) in [6.45, 7) is 2.02. The molecule has 172 valence electrons. The van der Waals surface area contributed by atoms with Gasteiger partial charge in [0.05, 0.1) is 18.6 Å². The molecule has 0 aromatic heterocycles. The van der Waals surface area contributed by atoms with E-state index >= 15 is 0 Å². The average molecular weight is 462 g/mol. The van der Waals surface area contributed by atoms with Gasteiger partial charge in [-0.2, -0.15) is 4.31 Å². The lowest BCUT2D eigenvalue weighted by Crippen LogP contribution is -2.32. The maximum absolute atomic E-state index is 12.5. The molecule has 0 aliphatic heterocycles. The van der Waals surface area contributed by atoms with E-state index in [1.807, 2.05) is 6.07 Å². The van der Waals surface area contributed by atoms with Crippen LogP contribution in [-0.4, -0.2) is 56.9 Å². The number of ketones is 1. The van der Waals surface area contributed by atoms with Crippen LogP contribution in [0.1, 0.15) is 35.7 Å². The van der Waals surface area contributed by atoms with Crippen molar-refractivity contribution >= 4 is 27.9 Å². The van der Waals surface area contributed by atoms with Crippen LogP contribution in [0.25, 0.3) is 6.08 Å². The number of likely N-dealkylation sites (N-methyl/N-ethyl adjacent to an activating group) is 1. The van der Waals surface area contributed by atoms with Crippen LogP contribution >= 0.6 is 0 Å². The second-order valence-electron chi connectivity index (χ2n) is 6.99. The fourth-order valence-corrected chi connectivity index (χ4v) is 3.87. The van der Waals surface area contributed by atoms with Crippen LogP contribution in [0.3, 0.4) is 0 Å². The van der Waals surface area contributed by atoms with Gasteiger partial charge in [-0.3, -0.25) is 9.59 Å². The van der Waals surface area contributed by atoms with Gasteiger partial charge in [0.25, 0.3) is 0 Å². The number of methoxy groups -OCH3 is 1. The first-order valence-corrected chi connectivity index (χ1v) is 11.4. The Labute approximate surface area is 188 Å². The second kappa shape index (κ2) is 11.4. The van der Waals surface area contributed by atoms with Crippen molar-refractivity contribution in [1.29, 1.82) is 0 Å². The molecule has 0 radical (unpaired) electrons. The highest BCUT2D eigenvalue weighted by Crippen LogP contribution is 2.29. The average Bonchev–Trinajstić information content (AvgIpc) is 2.77. The van der Waals surface area contributed by atoms with Gasteiger partial charge in [0.1, 0.15) is 6.54 Å². The molecule has 0 aliphatic rings. The van der Waals surface area contributed by atoms with Gasteiger partial charge in [-0.15, -0.1) is 0 Å². The number of aliphatic carboxylic acids is 1. The number of carbonyl (C=O) groups is 2. The number of rotatable bonds is 12. The lowest BCUT2D eigenvalue weighted by Gasteiger charge is -2.14. The number of sulfonamides is 1. The highest BCUT2D eigenvalue weighted by Gasteiger charge is 2.22. The van der Waals surface area contributed by atoms with Crippen molar-refractivity contribution in [3.05, 3.63) is 59.7 Å². The molecule has 0 saturated heterocycles. The Kier molecular flexibility index (Phi) is 8.98. The van der Waals surface area contributed by atoms with Crippen LogP contribution in [0, 0.1) is 0 Å². The van der Waals surface area contributed by atoms with Crippen molar-refractivity contribution in [1.82, 2.24) is 4.31 Å². The maximum atomic E-state index is 12.5. The molecular weight excluding hydrogens is 434 g/mol. The van der Waals surface area contributed by atoms with Gasteiger partial charge in [0.15, 0.2) is 17.3 Å². The van der Waals surface area contributed by atoms with Gasteiger partial charge in [-0.05, 0) is 54.5 Å². The third kappa shape index (κ3) is 6.66. The molecule has 0 atom stereocenters. The van der Waals surface area contributed by atoms with Gasteiger partial charge >= 0.3 is 5.97 Å². The number of nitrogens with zero attached hydrogens (tertiary/aromatic N) is 1. The Bertz CT molecular complexity index is 1080. The largest absolute Gasteiger partial charge is 0.493 e. The monoisotopic (exact) mass is 461 g/mol. The second-order valence-corrected chi connectivity index (χ2v) is 9.03. The number of carboxylic acid groups (broad SMARTS) is 1. The fourth-order valence-electron chi connectivity index (χ4n) is 2.75. The molecule has 1 N–H and O–H groups in total. The summed E-state index contributed by atoms with van der Waals surface area (Å²) in [5.74, 6) is -0.370. The van der Waals surface area contributed by atoms with Crippen LogP contribution in [0.2, 0.25) is 0 Å². The molecule has 0 spiro atoms. The quantitative estimate of drug-likeness (QED) is 0.293. The standard InChI is InChI=1S/C23H27NO7S/c1-4-5-14-31-21-13-7-17(15-22(21)30-3)6-12-20(25)18-8-10-19(11-9-18)32(28,29)24(2)16-23(26)27/h6-13,15H,4-5,14,16H2,1-3H3,(H,26,27)/b12-6+. The van der Waals surface area contributed by atoms with Crippen LogP contribution in [0.15, 0.2) is 53.4 Å². The van der Waals surface area contributed by atoms with Crippen molar-refractivity contribution in [2.24, 2.45) is 0 Å². The third-order valence-corrected chi connectivity index (χ3v) is 6.39. The molecule has 0 fully saturated rings. The van der Waals surface area contributed by atoms with Crippen molar-refractivity contribution in [2.45, 2.75) is 24.7 Å². The molecule has 9 heteroatoms. The van der Waals surface area contributed by atoms with E-state index in [9.17, 15) is 18.0 Å². The number of hydrogen-bond acceptors (Lipinski definition) is 6. The molecule has 8 nitrogen and oxygen atoms in total. The number of allylic oxidation sites excluding steroid dienone is 1. The molecular formula is C23H27NO7S. The normalized spacial score (nSPS) is 11.6. The van der Waals surface area contributed by atoms with Gasteiger partial charge < -0.3 is 14.6 Å². The molecule has 2 rings (SSSR count). The Morgan fingerprint density at radius 1 is 1.09 bits per heavy atom. The van der Waals surface area contributed by atoms with E-state index in [2.05, 4.69) is 6.92 Å². The molecule has 0 amide bonds. The summed E-state index contributed by atoms with van der Waals surface area (Å²) in [7, 11) is -1.23. The summed E-state index contributed by atoms with van der Waals surface area (Å²) < 4.78 is 36.5. The predicted molar refractivity (Wildman–Crippen MR) is 121 cm³/mol. The highest BCUT2D eigenvalue weighted by atomic mass is 32.2. The highest BCUT2D eigenvalue weighted by molar-refractivity contribution is 7.89. The number of hydrogen-bond donors (Lipinski definition) is 1. The van der Waals surface area contributed by atoms with Gasteiger partial charge in [-0.25, -0.2) is 8.42 Å². The number of carboxylic acids is 1. The SMILES string of the molecule is CCCCOc1ccc(/C=C/C(=O)c2ccc(S(=O)(=O)N(C)CC(=O)O)cc2)cc1OC. The molecule has 32 heavy (non-hydrogen) atoms. The van der Waals surface area contributed by atoms with E-state index in [1.54, 1.807) is 25.3 Å². The zero-order valence-corrected chi connectivity index (χ0v) is 19.1. The summed E-state index contributed by atoms with van der Waals surface area (Å²) in [4.78, 5) is 23.1. The summed E-state index contributed by atoms with van der Waals surface area (Å²) >= 11 is 0. The zero-order chi connectivity index (χ0) is 23.7. The van der Waals surface area contributed by atoms with Gasteiger partial charge in [0, 0.05) is 12.6 Å². The third-order valence-electron chi connectivity index (χ3n) is 4.58. The minimum Gasteiger partial charge on any atom is -0.493 e. The van der Waals surface area contributed by atoms with Gasteiger partial charge in [-0.1, -0.05) is 25.5 Å². The fraction of sp³-hybridized carbons (Fsp3) is 0.304. The molecule has 0 unspecified atom stereocenters. The summed E-state index contributed by atoms with van der Waals surface area (Å²) in [6, 6.07) is 10.7. The molecule has 0 bridgehead atoms. The predicted octanol–water partition coefficient (Wildman–Crippen LogP) is 3.48. The topological polar surface area (TPSA) is 110 Å². The van der Waals surface area contributed by atoms with Crippen molar-refractivity contribution in [3.63, 3.8) is 0 Å². The summed E-state index contributed by atoms with van der Waals surface area (Å²) in [5.41, 5.74) is 1.04. The van der Waals surface area contributed by atoms with Crippen molar-refractivity contribution < 1.29 is 32.6 Å². The summed E-state index contributed by atoms with van der Waals surface area (Å²) in [6.07, 6.45) is 4.98. The van der Waals surface area contributed by atoms with E-state index in [1.165, 1.54) is 37.4 Å². The van der Waals surface area contributed by atoms with Crippen molar-refractivity contribution in [2.75, 3.05) is 27.3 Å². The molecule has 0 saturated carbocycles. The smallest absolute Gasteiger partial charge is 0.318 e. The number of carbonyl (C=O) groups excluding carboxylic acids is 1. The van der Waals surface area contributed by atoms with Crippen molar-refractivity contribution in [3.8, 4) is 11.5 Å². The van der Waals surface area contributed by atoms with Crippen LogP contribution in [0.5, 0.6) is 11.5 Å². The first-order valence-electron chi connectivity index (χ1n) is 10.0. The molecule has 0 heterocycles. The van der Waals surface area contributed by atoms with E-state index < -0.39 is 22.5 Å². The van der Waals surface area contributed by atoms with E-state index in [4.69, 9.17) is 14.6 Å². The van der Waals surface area contributed by atoms with Crippen LogP contribution in [0.4, 0.5) is 0 Å².